The lowest BCUT2D eigenvalue weighted by Gasteiger charge is -2.27. The molecule has 138 valence electrons. The first-order valence-electron chi connectivity index (χ1n) is 8.64. The molecule has 1 atom stereocenters. The van der Waals surface area contributed by atoms with E-state index in [0.29, 0.717) is 32.4 Å². The molecular formula is C16H30N4O4. The van der Waals surface area contributed by atoms with Crippen molar-refractivity contribution in [3.05, 3.63) is 0 Å². The van der Waals surface area contributed by atoms with Crippen molar-refractivity contribution in [1.29, 1.82) is 0 Å². The van der Waals surface area contributed by atoms with Crippen LogP contribution in [0.25, 0.3) is 0 Å². The Balaban J connectivity index is 2.27. The van der Waals surface area contributed by atoms with E-state index >= 15 is 0 Å². The topological polar surface area (TPSA) is 125 Å². The molecular weight excluding hydrogens is 312 g/mol. The van der Waals surface area contributed by atoms with Crippen LogP contribution in [0.4, 0.5) is 4.79 Å². The van der Waals surface area contributed by atoms with Gasteiger partial charge < -0.3 is 21.5 Å². The maximum absolute atomic E-state index is 11.8. The zero-order chi connectivity index (χ0) is 18.2. The number of hydrogen-bond acceptors (Lipinski definition) is 4. The molecule has 1 saturated heterocycles. The first-order valence-corrected chi connectivity index (χ1v) is 8.64. The van der Waals surface area contributed by atoms with Gasteiger partial charge in [0.1, 0.15) is 0 Å². The predicted molar refractivity (Wildman–Crippen MR) is 90.5 cm³/mol. The minimum Gasteiger partial charge on any atom is -0.481 e. The van der Waals surface area contributed by atoms with Crippen LogP contribution in [0.2, 0.25) is 0 Å². The molecule has 0 aromatic rings. The fourth-order valence-corrected chi connectivity index (χ4v) is 3.09. The molecule has 1 rings (SSSR count). The summed E-state index contributed by atoms with van der Waals surface area (Å²) in [6.45, 7) is 5.75. The molecule has 0 radical (unpaired) electrons. The van der Waals surface area contributed by atoms with Crippen LogP contribution >= 0.6 is 0 Å². The number of nitrogens with one attached hydrogen (secondary N) is 2. The summed E-state index contributed by atoms with van der Waals surface area (Å²) in [6.07, 6.45) is 3.40. The third kappa shape index (κ3) is 5.36. The molecule has 8 heteroatoms. The van der Waals surface area contributed by atoms with Crippen LogP contribution in [0, 0.1) is 5.41 Å². The number of carboxylic acid groups (broad SMARTS) is 1. The van der Waals surface area contributed by atoms with E-state index in [2.05, 4.69) is 10.6 Å². The molecule has 0 aromatic heterocycles. The lowest BCUT2D eigenvalue weighted by molar-refractivity contribution is -0.149. The van der Waals surface area contributed by atoms with E-state index in [4.69, 9.17) is 5.73 Å². The Labute approximate surface area is 143 Å². The number of primary amides is 1. The van der Waals surface area contributed by atoms with Gasteiger partial charge in [0.05, 0.1) is 11.5 Å². The van der Waals surface area contributed by atoms with E-state index in [0.717, 1.165) is 19.4 Å². The van der Waals surface area contributed by atoms with Crippen LogP contribution in [0.5, 0.6) is 0 Å². The van der Waals surface area contributed by atoms with Crippen molar-refractivity contribution >= 4 is 17.9 Å². The summed E-state index contributed by atoms with van der Waals surface area (Å²) in [6, 6.07) is -0.556. The number of nitrogens with two attached hydrogens (primary N) is 1. The largest absolute Gasteiger partial charge is 0.481 e. The molecule has 3 amide bonds. The summed E-state index contributed by atoms with van der Waals surface area (Å²) in [7, 11) is 0. The van der Waals surface area contributed by atoms with Crippen molar-refractivity contribution in [2.75, 3.05) is 26.2 Å². The highest BCUT2D eigenvalue weighted by Crippen LogP contribution is 2.25. The number of carbonyl (C=O) groups excluding carboxylic acids is 2. The van der Waals surface area contributed by atoms with E-state index in [-0.39, 0.29) is 24.5 Å². The third-order valence-electron chi connectivity index (χ3n) is 4.99. The van der Waals surface area contributed by atoms with Crippen molar-refractivity contribution in [3.63, 3.8) is 0 Å². The zero-order valence-corrected chi connectivity index (χ0v) is 14.6. The van der Waals surface area contributed by atoms with Gasteiger partial charge in [0.25, 0.3) is 0 Å². The smallest absolute Gasteiger partial charge is 0.314 e. The van der Waals surface area contributed by atoms with Gasteiger partial charge in [-0.05, 0) is 38.6 Å². The second-order valence-corrected chi connectivity index (χ2v) is 6.35. The van der Waals surface area contributed by atoms with Crippen LogP contribution in [0.3, 0.4) is 0 Å². The third-order valence-corrected chi connectivity index (χ3v) is 4.99. The number of rotatable bonds is 10. The van der Waals surface area contributed by atoms with Crippen LogP contribution in [0.1, 0.15) is 46.0 Å². The van der Waals surface area contributed by atoms with Crippen LogP contribution in [0.15, 0.2) is 0 Å². The van der Waals surface area contributed by atoms with E-state index in [1.54, 1.807) is 0 Å². The molecule has 24 heavy (non-hydrogen) atoms. The highest BCUT2D eigenvalue weighted by Gasteiger charge is 2.35. The molecule has 5 N–H and O–H groups in total. The Morgan fingerprint density at radius 3 is 2.46 bits per heavy atom. The second kappa shape index (κ2) is 9.46. The maximum atomic E-state index is 11.8. The lowest BCUT2D eigenvalue weighted by Crippen LogP contribution is -2.46. The van der Waals surface area contributed by atoms with Gasteiger partial charge in [0.2, 0.25) is 5.91 Å². The van der Waals surface area contributed by atoms with Crippen LogP contribution in [-0.2, 0) is 9.59 Å². The Morgan fingerprint density at radius 1 is 1.25 bits per heavy atom. The van der Waals surface area contributed by atoms with Crippen molar-refractivity contribution in [1.82, 2.24) is 15.5 Å². The quantitative estimate of drug-likeness (QED) is 0.431. The Hall–Kier alpha value is -1.83. The lowest BCUT2D eigenvalue weighted by atomic mass is 9.82. The van der Waals surface area contributed by atoms with Crippen molar-refractivity contribution in [2.24, 2.45) is 11.1 Å². The summed E-state index contributed by atoms with van der Waals surface area (Å²) < 4.78 is 0. The number of carboxylic acids is 1. The summed E-state index contributed by atoms with van der Waals surface area (Å²) in [4.78, 5) is 36.5. The molecule has 1 fully saturated rings. The molecule has 1 unspecified atom stereocenters. The molecule has 1 aliphatic heterocycles. The number of aliphatic carboxylic acids is 1. The second-order valence-electron chi connectivity index (χ2n) is 6.35. The molecule has 0 saturated carbocycles. The fraction of sp³-hybridized carbons (Fsp3) is 0.812. The summed E-state index contributed by atoms with van der Waals surface area (Å²) in [5.74, 6) is -1.18. The van der Waals surface area contributed by atoms with Crippen LogP contribution in [-0.4, -0.2) is 60.1 Å². The van der Waals surface area contributed by atoms with E-state index in [9.17, 15) is 19.5 Å². The minimum absolute atomic E-state index is 0.108. The van der Waals surface area contributed by atoms with Gasteiger partial charge in [0.15, 0.2) is 0 Å². The molecule has 1 heterocycles. The number of hydrogen-bond donors (Lipinski definition) is 4. The molecule has 8 nitrogen and oxygen atoms in total. The Bertz CT molecular complexity index is 451. The van der Waals surface area contributed by atoms with E-state index in [1.165, 1.54) is 0 Å². The first kappa shape index (κ1) is 20.2. The molecule has 0 aliphatic carbocycles. The van der Waals surface area contributed by atoms with Crippen LogP contribution < -0.4 is 16.4 Å². The number of amides is 3. The number of likely N-dealkylation sites (tertiary alicyclic amines) is 1. The van der Waals surface area contributed by atoms with Gasteiger partial charge in [-0.1, -0.05) is 13.8 Å². The number of carbonyl (C=O) groups is 3. The van der Waals surface area contributed by atoms with Gasteiger partial charge in [-0.3, -0.25) is 14.5 Å². The fourth-order valence-electron chi connectivity index (χ4n) is 3.09. The SMILES string of the molecule is CCC(CC)(CNC(=O)NCCCN1CCCC1C(N)=O)C(=O)O. The Morgan fingerprint density at radius 2 is 1.92 bits per heavy atom. The number of urea groups is 1. The maximum Gasteiger partial charge on any atom is 0.314 e. The highest BCUT2D eigenvalue weighted by molar-refractivity contribution is 5.80. The molecule has 0 spiro atoms. The van der Waals surface area contributed by atoms with Crippen molar-refractivity contribution < 1.29 is 19.5 Å². The summed E-state index contributed by atoms with van der Waals surface area (Å²) in [5.41, 5.74) is 4.45. The zero-order valence-electron chi connectivity index (χ0n) is 14.6. The van der Waals surface area contributed by atoms with Crippen molar-refractivity contribution in [2.45, 2.75) is 52.0 Å². The number of nitrogens with zero attached hydrogens (tertiary/aromatic N) is 1. The average Bonchev–Trinajstić information content (AvgIpc) is 3.01. The summed E-state index contributed by atoms with van der Waals surface area (Å²) >= 11 is 0. The summed E-state index contributed by atoms with van der Waals surface area (Å²) in [5, 5.41) is 14.7. The van der Waals surface area contributed by atoms with Gasteiger partial charge in [-0.2, -0.15) is 0 Å². The van der Waals surface area contributed by atoms with E-state index in [1.807, 2.05) is 18.7 Å². The van der Waals surface area contributed by atoms with Gasteiger partial charge >= 0.3 is 12.0 Å². The highest BCUT2D eigenvalue weighted by atomic mass is 16.4. The van der Waals surface area contributed by atoms with Gasteiger partial charge in [-0.25, -0.2) is 4.79 Å². The minimum atomic E-state index is -0.915. The van der Waals surface area contributed by atoms with E-state index < -0.39 is 11.4 Å². The molecule has 1 aliphatic rings. The van der Waals surface area contributed by atoms with Crippen molar-refractivity contribution in [3.8, 4) is 0 Å². The van der Waals surface area contributed by atoms with Gasteiger partial charge in [0, 0.05) is 19.6 Å². The predicted octanol–water partition coefficient (Wildman–Crippen LogP) is 0.516. The molecule has 0 aromatic carbocycles. The molecule has 0 bridgehead atoms. The normalized spacial score (nSPS) is 18.3. The standard InChI is InChI=1S/C16H30N4O4/c1-3-16(4-2,14(22)23)11-19-15(24)18-8-6-10-20-9-5-7-12(20)13(17)21/h12H,3-11H2,1-2H3,(H2,17,21)(H,22,23)(H2,18,19,24). The Kier molecular flexibility index (Phi) is 7.97. The van der Waals surface area contributed by atoms with Gasteiger partial charge in [-0.15, -0.1) is 0 Å². The monoisotopic (exact) mass is 342 g/mol. The first-order chi connectivity index (χ1) is 11.4. The average molecular weight is 342 g/mol.